The molecule has 1 saturated heterocycles. The minimum atomic E-state index is -0.0266. The van der Waals surface area contributed by atoms with E-state index in [0.717, 1.165) is 19.4 Å². The van der Waals surface area contributed by atoms with Crippen LogP contribution < -0.4 is 5.32 Å². The SMILES string of the molecule is CNc1cc(C(=O)N2CCC(CCO)C2)cc(Cl)n1. The van der Waals surface area contributed by atoms with Gasteiger partial charge in [-0.25, -0.2) is 4.98 Å². The van der Waals surface area contributed by atoms with Gasteiger partial charge in [-0.2, -0.15) is 0 Å². The lowest BCUT2D eigenvalue weighted by atomic mass is 10.1. The lowest BCUT2D eigenvalue weighted by Crippen LogP contribution is -2.29. The standard InChI is InChI=1S/C13H18ClN3O2/c1-15-12-7-10(6-11(14)16-12)13(19)17-4-2-9(8-17)3-5-18/h6-7,9,18H,2-5,8H2,1H3,(H,15,16). The highest BCUT2D eigenvalue weighted by molar-refractivity contribution is 6.29. The molecule has 2 heterocycles. The van der Waals surface area contributed by atoms with Crippen molar-refractivity contribution in [3.8, 4) is 0 Å². The molecular weight excluding hydrogens is 266 g/mol. The van der Waals surface area contributed by atoms with E-state index >= 15 is 0 Å². The summed E-state index contributed by atoms with van der Waals surface area (Å²) in [6.07, 6.45) is 1.70. The monoisotopic (exact) mass is 283 g/mol. The fraction of sp³-hybridized carbons (Fsp3) is 0.538. The summed E-state index contributed by atoms with van der Waals surface area (Å²) in [7, 11) is 1.74. The van der Waals surface area contributed by atoms with Crippen molar-refractivity contribution in [2.45, 2.75) is 12.8 Å². The van der Waals surface area contributed by atoms with E-state index in [-0.39, 0.29) is 12.5 Å². The van der Waals surface area contributed by atoms with Gasteiger partial charge in [-0.05, 0) is 30.9 Å². The molecule has 0 spiro atoms. The van der Waals surface area contributed by atoms with Crippen molar-refractivity contribution in [1.82, 2.24) is 9.88 Å². The second-order valence-corrected chi connectivity index (χ2v) is 5.12. The lowest BCUT2D eigenvalue weighted by molar-refractivity contribution is 0.0784. The van der Waals surface area contributed by atoms with Gasteiger partial charge < -0.3 is 15.3 Å². The number of likely N-dealkylation sites (tertiary alicyclic amines) is 1. The molecule has 5 nitrogen and oxygen atoms in total. The minimum absolute atomic E-state index is 0.0266. The Kier molecular flexibility index (Phi) is 4.61. The average Bonchev–Trinajstić information content (AvgIpc) is 2.86. The number of nitrogens with zero attached hydrogens (tertiary/aromatic N) is 2. The first-order chi connectivity index (χ1) is 9.13. The Morgan fingerprint density at radius 3 is 3.11 bits per heavy atom. The Morgan fingerprint density at radius 2 is 2.42 bits per heavy atom. The summed E-state index contributed by atoms with van der Waals surface area (Å²) < 4.78 is 0. The molecule has 1 aliphatic heterocycles. The van der Waals surface area contributed by atoms with Gasteiger partial charge in [-0.15, -0.1) is 0 Å². The third kappa shape index (κ3) is 3.36. The van der Waals surface area contributed by atoms with Gasteiger partial charge in [-0.3, -0.25) is 4.79 Å². The summed E-state index contributed by atoms with van der Waals surface area (Å²) in [5.74, 6) is 0.957. The first-order valence-electron chi connectivity index (χ1n) is 6.39. The molecule has 1 fully saturated rings. The van der Waals surface area contributed by atoms with Crippen molar-refractivity contribution in [2.75, 3.05) is 32.1 Å². The third-order valence-corrected chi connectivity index (χ3v) is 3.60. The molecule has 0 radical (unpaired) electrons. The van der Waals surface area contributed by atoms with Crippen LogP contribution in [0.1, 0.15) is 23.2 Å². The Labute approximate surface area is 117 Å². The molecule has 19 heavy (non-hydrogen) atoms. The van der Waals surface area contributed by atoms with Crippen LogP contribution in [0.25, 0.3) is 0 Å². The number of rotatable bonds is 4. The number of aliphatic hydroxyl groups excluding tert-OH is 1. The van der Waals surface area contributed by atoms with Crippen LogP contribution in [0.4, 0.5) is 5.82 Å². The van der Waals surface area contributed by atoms with Crippen LogP contribution in [-0.4, -0.2) is 47.6 Å². The zero-order chi connectivity index (χ0) is 13.8. The van der Waals surface area contributed by atoms with E-state index in [9.17, 15) is 4.79 Å². The number of aromatic nitrogens is 1. The molecule has 0 saturated carbocycles. The molecule has 1 amide bonds. The summed E-state index contributed by atoms with van der Waals surface area (Å²) in [6, 6.07) is 3.29. The van der Waals surface area contributed by atoms with E-state index in [1.165, 1.54) is 0 Å². The van der Waals surface area contributed by atoms with Gasteiger partial charge in [0.15, 0.2) is 0 Å². The van der Waals surface area contributed by atoms with Crippen LogP contribution >= 0.6 is 11.6 Å². The molecule has 2 N–H and O–H groups in total. The molecule has 2 rings (SSSR count). The Bertz CT molecular complexity index is 467. The molecule has 104 valence electrons. The van der Waals surface area contributed by atoms with E-state index in [0.29, 0.717) is 29.0 Å². The second-order valence-electron chi connectivity index (χ2n) is 4.73. The maximum absolute atomic E-state index is 12.4. The van der Waals surface area contributed by atoms with Gasteiger partial charge in [0.05, 0.1) is 0 Å². The molecule has 0 aromatic carbocycles. The summed E-state index contributed by atoms with van der Waals surface area (Å²) in [4.78, 5) is 18.2. The molecule has 6 heteroatoms. The van der Waals surface area contributed by atoms with Crippen LogP contribution in [0.5, 0.6) is 0 Å². The van der Waals surface area contributed by atoms with Gasteiger partial charge in [0.2, 0.25) is 0 Å². The first kappa shape index (κ1) is 14.1. The quantitative estimate of drug-likeness (QED) is 0.824. The number of halogens is 1. The molecule has 1 unspecified atom stereocenters. The van der Waals surface area contributed by atoms with Crippen molar-refractivity contribution < 1.29 is 9.90 Å². The van der Waals surface area contributed by atoms with E-state index < -0.39 is 0 Å². The fourth-order valence-electron chi connectivity index (χ4n) is 2.37. The normalized spacial score (nSPS) is 18.7. The molecule has 1 atom stereocenters. The van der Waals surface area contributed by atoms with Crippen molar-refractivity contribution in [3.05, 3.63) is 22.8 Å². The summed E-state index contributed by atoms with van der Waals surface area (Å²) in [5, 5.41) is 12.1. The Morgan fingerprint density at radius 1 is 1.63 bits per heavy atom. The van der Waals surface area contributed by atoms with E-state index in [4.69, 9.17) is 16.7 Å². The number of hydrogen-bond donors (Lipinski definition) is 2. The van der Waals surface area contributed by atoms with E-state index in [1.54, 1.807) is 19.2 Å². The van der Waals surface area contributed by atoms with E-state index in [1.807, 2.05) is 4.90 Å². The first-order valence-corrected chi connectivity index (χ1v) is 6.77. The molecular formula is C13H18ClN3O2. The smallest absolute Gasteiger partial charge is 0.254 e. The number of hydrogen-bond acceptors (Lipinski definition) is 4. The van der Waals surface area contributed by atoms with Crippen LogP contribution in [0.15, 0.2) is 12.1 Å². The molecule has 1 aliphatic rings. The minimum Gasteiger partial charge on any atom is -0.396 e. The molecule has 0 aliphatic carbocycles. The lowest BCUT2D eigenvalue weighted by Gasteiger charge is -2.17. The number of amides is 1. The zero-order valence-corrected chi connectivity index (χ0v) is 11.7. The predicted molar refractivity (Wildman–Crippen MR) is 74.5 cm³/mol. The molecule has 0 bridgehead atoms. The predicted octanol–water partition coefficient (Wildman–Crippen LogP) is 1.62. The van der Waals surface area contributed by atoms with Crippen molar-refractivity contribution in [1.29, 1.82) is 0 Å². The van der Waals surface area contributed by atoms with E-state index in [2.05, 4.69) is 10.3 Å². The highest BCUT2D eigenvalue weighted by Gasteiger charge is 2.26. The number of carbonyl (C=O) groups excluding carboxylic acids is 1. The highest BCUT2D eigenvalue weighted by Crippen LogP contribution is 2.23. The van der Waals surface area contributed by atoms with Crippen LogP contribution in [0.3, 0.4) is 0 Å². The number of pyridine rings is 1. The third-order valence-electron chi connectivity index (χ3n) is 3.41. The second kappa shape index (κ2) is 6.21. The summed E-state index contributed by atoms with van der Waals surface area (Å²) in [6.45, 7) is 1.62. The molecule has 1 aromatic rings. The van der Waals surface area contributed by atoms with Gasteiger partial charge in [-0.1, -0.05) is 11.6 Å². The van der Waals surface area contributed by atoms with Gasteiger partial charge in [0, 0.05) is 32.3 Å². The Balaban J connectivity index is 2.10. The maximum Gasteiger partial charge on any atom is 0.254 e. The number of anilines is 1. The largest absolute Gasteiger partial charge is 0.396 e. The van der Waals surface area contributed by atoms with Crippen LogP contribution in [0.2, 0.25) is 5.15 Å². The van der Waals surface area contributed by atoms with Gasteiger partial charge >= 0.3 is 0 Å². The number of nitrogens with one attached hydrogen (secondary N) is 1. The van der Waals surface area contributed by atoms with Crippen molar-refractivity contribution in [3.63, 3.8) is 0 Å². The number of carbonyl (C=O) groups is 1. The maximum atomic E-state index is 12.4. The van der Waals surface area contributed by atoms with Crippen molar-refractivity contribution in [2.24, 2.45) is 5.92 Å². The van der Waals surface area contributed by atoms with Gasteiger partial charge in [0.1, 0.15) is 11.0 Å². The molecule has 1 aromatic heterocycles. The topological polar surface area (TPSA) is 65.5 Å². The van der Waals surface area contributed by atoms with Crippen LogP contribution in [-0.2, 0) is 0 Å². The highest BCUT2D eigenvalue weighted by atomic mass is 35.5. The zero-order valence-electron chi connectivity index (χ0n) is 10.9. The average molecular weight is 284 g/mol. The summed E-state index contributed by atoms with van der Waals surface area (Å²) >= 11 is 5.90. The fourth-order valence-corrected chi connectivity index (χ4v) is 2.57. The number of aliphatic hydroxyl groups is 1. The van der Waals surface area contributed by atoms with Gasteiger partial charge in [0.25, 0.3) is 5.91 Å². The summed E-state index contributed by atoms with van der Waals surface area (Å²) in [5.41, 5.74) is 0.550. The van der Waals surface area contributed by atoms with Crippen molar-refractivity contribution >= 4 is 23.3 Å². The Hall–Kier alpha value is -1.33. The van der Waals surface area contributed by atoms with Crippen LogP contribution in [0, 0.1) is 5.92 Å².